The topological polar surface area (TPSA) is 29.3 Å². The molecule has 2 rings (SSSR count). The predicted octanol–water partition coefficient (Wildman–Crippen LogP) is 3.15. The summed E-state index contributed by atoms with van der Waals surface area (Å²) in [7, 11) is 0. The summed E-state index contributed by atoms with van der Waals surface area (Å²) >= 11 is 11.6. The van der Waals surface area contributed by atoms with Crippen molar-refractivity contribution in [2.45, 2.75) is 6.04 Å². The first-order valence-corrected chi connectivity index (χ1v) is 8.01. The average Bonchev–Trinajstić information content (AvgIpc) is 2.36. The van der Waals surface area contributed by atoms with E-state index in [0.717, 1.165) is 22.6 Å². The Morgan fingerprint density at radius 1 is 1.41 bits per heavy atom. The maximum absolute atomic E-state index is 6.14. The van der Waals surface area contributed by atoms with Gasteiger partial charge in [-0.25, -0.2) is 0 Å². The van der Waals surface area contributed by atoms with E-state index >= 15 is 0 Å². The van der Waals surface area contributed by atoms with Crippen LogP contribution in [-0.4, -0.2) is 36.0 Å². The highest BCUT2D eigenvalue weighted by Gasteiger charge is 2.21. The first-order chi connectivity index (χ1) is 8.22. The number of benzene rings is 1. The van der Waals surface area contributed by atoms with Gasteiger partial charge in [0.05, 0.1) is 5.02 Å². The molecule has 1 aromatic carbocycles. The van der Waals surface area contributed by atoms with Crippen LogP contribution < -0.4 is 5.73 Å². The lowest BCUT2D eigenvalue weighted by Crippen LogP contribution is -2.39. The van der Waals surface area contributed by atoms with Crippen molar-refractivity contribution in [2.75, 3.05) is 31.1 Å². The van der Waals surface area contributed by atoms with Gasteiger partial charge in [0.1, 0.15) is 0 Å². The van der Waals surface area contributed by atoms with Crippen molar-refractivity contribution in [1.29, 1.82) is 0 Å². The van der Waals surface area contributed by atoms with Gasteiger partial charge < -0.3 is 5.73 Å². The Labute approximate surface area is 120 Å². The first kappa shape index (κ1) is 13.7. The molecule has 1 aliphatic rings. The van der Waals surface area contributed by atoms with Crippen molar-refractivity contribution in [1.82, 2.24) is 4.90 Å². The first-order valence-electron chi connectivity index (χ1n) is 5.69. The number of hydrogen-bond donors (Lipinski definition) is 1. The summed E-state index contributed by atoms with van der Waals surface area (Å²) in [5.41, 5.74) is 7.14. The largest absolute Gasteiger partial charge is 0.329 e. The van der Waals surface area contributed by atoms with Crippen LogP contribution in [0.15, 0.2) is 22.7 Å². The van der Waals surface area contributed by atoms with Gasteiger partial charge in [-0.2, -0.15) is 11.8 Å². The predicted molar refractivity (Wildman–Crippen MR) is 79.8 cm³/mol. The lowest BCUT2D eigenvalue weighted by atomic mass is 10.1. The van der Waals surface area contributed by atoms with Gasteiger partial charge in [0.25, 0.3) is 0 Å². The molecule has 1 aliphatic heterocycles. The molecule has 1 fully saturated rings. The van der Waals surface area contributed by atoms with Crippen molar-refractivity contribution in [3.05, 3.63) is 33.3 Å². The molecule has 0 spiro atoms. The highest BCUT2D eigenvalue weighted by molar-refractivity contribution is 9.10. The summed E-state index contributed by atoms with van der Waals surface area (Å²) in [6, 6.07) is 6.42. The van der Waals surface area contributed by atoms with E-state index < -0.39 is 0 Å². The van der Waals surface area contributed by atoms with Crippen LogP contribution in [0.2, 0.25) is 5.02 Å². The van der Waals surface area contributed by atoms with Crippen LogP contribution in [0.1, 0.15) is 11.6 Å². The third kappa shape index (κ3) is 3.38. The molecule has 1 unspecified atom stereocenters. The fraction of sp³-hybridized carbons (Fsp3) is 0.500. The second-order valence-corrected chi connectivity index (χ2v) is 6.56. The van der Waals surface area contributed by atoms with Crippen molar-refractivity contribution >= 4 is 39.3 Å². The molecule has 2 nitrogen and oxygen atoms in total. The maximum Gasteiger partial charge on any atom is 0.0551 e. The molecule has 94 valence electrons. The SMILES string of the molecule is NCC(c1ccc(Br)c(Cl)c1)N1CCSCC1. The fourth-order valence-corrected chi connectivity index (χ4v) is 3.47. The lowest BCUT2D eigenvalue weighted by molar-refractivity contribution is 0.223. The molecule has 0 radical (unpaired) electrons. The van der Waals surface area contributed by atoms with Gasteiger partial charge in [0, 0.05) is 41.7 Å². The van der Waals surface area contributed by atoms with Crippen LogP contribution in [0.4, 0.5) is 0 Å². The Bertz CT molecular complexity index is 383. The lowest BCUT2D eigenvalue weighted by Gasteiger charge is -2.34. The van der Waals surface area contributed by atoms with Crippen LogP contribution >= 0.6 is 39.3 Å². The maximum atomic E-state index is 6.14. The van der Waals surface area contributed by atoms with E-state index in [1.807, 2.05) is 23.9 Å². The Balaban J connectivity index is 2.18. The highest BCUT2D eigenvalue weighted by Crippen LogP contribution is 2.29. The number of nitrogens with zero attached hydrogens (tertiary/aromatic N) is 1. The van der Waals surface area contributed by atoms with Gasteiger partial charge in [-0.15, -0.1) is 0 Å². The van der Waals surface area contributed by atoms with E-state index in [1.54, 1.807) is 0 Å². The zero-order chi connectivity index (χ0) is 12.3. The molecule has 1 saturated heterocycles. The smallest absolute Gasteiger partial charge is 0.0551 e. The molecule has 1 heterocycles. The molecule has 0 aromatic heterocycles. The van der Waals surface area contributed by atoms with E-state index in [1.165, 1.54) is 17.1 Å². The quantitative estimate of drug-likeness (QED) is 0.920. The number of halogens is 2. The summed E-state index contributed by atoms with van der Waals surface area (Å²) in [5, 5.41) is 0.757. The van der Waals surface area contributed by atoms with Crippen molar-refractivity contribution < 1.29 is 0 Å². The average molecular weight is 336 g/mol. The second-order valence-electron chi connectivity index (χ2n) is 4.07. The molecule has 0 aliphatic carbocycles. The van der Waals surface area contributed by atoms with E-state index in [-0.39, 0.29) is 0 Å². The molecule has 1 aromatic rings. The van der Waals surface area contributed by atoms with Gasteiger partial charge in [-0.05, 0) is 33.6 Å². The van der Waals surface area contributed by atoms with Crippen molar-refractivity contribution in [2.24, 2.45) is 5.73 Å². The van der Waals surface area contributed by atoms with E-state index in [0.29, 0.717) is 12.6 Å². The fourth-order valence-electron chi connectivity index (χ4n) is 2.10. The molecule has 0 saturated carbocycles. The molecule has 17 heavy (non-hydrogen) atoms. The number of thioether (sulfide) groups is 1. The zero-order valence-electron chi connectivity index (χ0n) is 9.53. The number of nitrogens with two attached hydrogens (primary N) is 1. The Morgan fingerprint density at radius 3 is 2.71 bits per heavy atom. The minimum Gasteiger partial charge on any atom is -0.329 e. The highest BCUT2D eigenvalue weighted by atomic mass is 79.9. The van der Waals surface area contributed by atoms with Gasteiger partial charge in [-0.1, -0.05) is 17.7 Å². The molecule has 2 N–H and O–H groups in total. The summed E-state index contributed by atoms with van der Waals surface area (Å²) in [6.07, 6.45) is 0. The standard InChI is InChI=1S/C12H16BrClN2S/c13-10-2-1-9(7-11(10)14)12(8-15)16-3-5-17-6-4-16/h1-2,7,12H,3-6,8,15H2. The normalized spacial score (nSPS) is 19.2. The van der Waals surface area contributed by atoms with E-state index in [9.17, 15) is 0 Å². The van der Waals surface area contributed by atoms with Crippen molar-refractivity contribution in [3.63, 3.8) is 0 Å². The van der Waals surface area contributed by atoms with Gasteiger partial charge in [0.15, 0.2) is 0 Å². The van der Waals surface area contributed by atoms with Crippen LogP contribution in [0.3, 0.4) is 0 Å². The number of hydrogen-bond acceptors (Lipinski definition) is 3. The zero-order valence-corrected chi connectivity index (χ0v) is 12.7. The Morgan fingerprint density at radius 2 is 2.12 bits per heavy atom. The van der Waals surface area contributed by atoms with Gasteiger partial charge >= 0.3 is 0 Å². The third-order valence-corrected chi connectivity index (χ3v) is 5.21. The number of rotatable bonds is 3. The molecular formula is C12H16BrClN2S. The second kappa shape index (κ2) is 6.43. The Hall–Kier alpha value is 0.260. The summed E-state index contributed by atoms with van der Waals surface area (Å²) in [6.45, 7) is 2.86. The molecule has 5 heteroatoms. The summed E-state index contributed by atoms with van der Waals surface area (Å²) in [5.74, 6) is 2.39. The van der Waals surface area contributed by atoms with Crippen LogP contribution in [0.25, 0.3) is 0 Å². The van der Waals surface area contributed by atoms with Gasteiger partial charge in [0.2, 0.25) is 0 Å². The minimum atomic E-state index is 0.293. The van der Waals surface area contributed by atoms with Crippen LogP contribution in [0.5, 0.6) is 0 Å². The molecule has 1 atom stereocenters. The van der Waals surface area contributed by atoms with E-state index in [4.69, 9.17) is 17.3 Å². The molecular weight excluding hydrogens is 320 g/mol. The van der Waals surface area contributed by atoms with E-state index in [2.05, 4.69) is 26.9 Å². The third-order valence-electron chi connectivity index (χ3n) is 3.04. The molecule has 0 amide bonds. The van der Waals surface area contributed by atoms with Crippen LogP contribution in [0, 0.1) is 0 Å². The molecule has 0 bridgehead atoms. The Kier molecular flexibility index (Phi) is 5.18. The van der Waals surface area contributed by atoms with Gasteiger partial charge in [-0.3, -0.25) is 4.90 Å². The summed E-state index contributed by atoms with van der Waals surface area (Å²) in [4.78, 5) is 2.45. The minimum absolute atomic E-state index is 0.293. The summed E-state index contributed by atoms with van der Waals surface area (Å²) < 4.78 is 0.938. The van der Waals surface area contributed by atoms with Crippen LogP contribution in [-0.2, 0) is 0 Å². The monoisotopic (exact) mass is 334 g/mol. The van der Waals surface area contributed by atoms with Crippen molar-refractivity contribution in [3.8, 4) is 0 Å².